The van der Waals surface area contributed by atoms with Crippen molar-refractivity contribution >= 4 is 5.91 Å². The van der Waals surface area contributed by atoms with Crippen molar-refractivity contribution in [3.63, 3.8) is 0 Å². The molecule has 0 radical (unpaired) electrons. The Labute approximate surface area is 126 Å². The zero-order valence-corrected chi connectivity index (χ0v) is 12.9. The number of aliphatic hydroxyl groups excluding tert-OH is 1. The van der Waals surface area contributed by atoms with Crippen LogP contribution in [0.4, 0.5) is 0 Å². The Kier molecular flexibility index (Phi) is 7.44. The molecule has 1 atom stereocenters. The lowest BCUT2D eigenvalue weighted by atomic mass is 10.1. The monoisotopic (exact) mass is 289 g/mol. The van der Waals surface area contributed by atoms with Crippen LogP contribution < -0.4 is 5.32 Å². The highest BCUT2D eigenvalue weighted by molar-refractivity contribution is 5.96. The summed E-state index contributed by atoms with van der Waals surface area (Å²) < 4.78 is 0. The summed E-state index contributed by atoms with van der Waals surface area (Å²) in [5.41, 5.74) is 1.01. The molecule has 0 saturated heterocycles. The first-order chi connectivity index (χ1) is 10.1. The molecule has 0 aromatic carbocycles. The van der Waals surface area contributed by atoms with Gasteiger partial charge in [-0.1, -0.05) is 25.7 Å². The van der Waals surface area contributed by atoms with Crippen molar-refractivity contribution in [2.45, 2.75) is 26.8 Å². The van der Waals surface area contributed by atoms with Crippen molar-refractivity contribution in [3.8, 4) is 11.8 Å². The number of hydrogen-bond acceptors (Lipinski definition) is 4. The Morgan fingerprint density at radius 2 is 2.19 bits per heavy atom. The SMILES string of the molecule is CCN(CC)CC(C)NC(=O)c1ccncc1C#CCO. The maximum atomic E-state index is 12.3. The number of carbonyl (C=O) groups excluding carboxylic acids is 1. The van der Waals surface area contributed by atoms with Gasteiger partial charge in [0.05, 0.1) is 11.1 Å². The van der Waals surface area contributed by atoms with E-state index in [1.165, 1.54) is 6.20 Å². The summed E-state index contributed by atoms with van der Waals surface area (Å²) in [5.74, 6) is 5.12. The third-order valence-corrected chi connectivity index (χ3v) is 3.17. The van der Waals surface area contributed by atoms with Crippen LogP contribution in [0.15, 0.2) is 18.5 Å². The van der Waals surface area contributed by atoms with Crippen LogP contribution in [-0.2, 0) is 0 Å². The number of aromatic nitrogens is 1. The molecule has 0 aliphatic rings. The van der Waals surface area contributed by atoms with E-state index in [2.05, 4.69) is 40.9 Å². The van der Waals surface area contributed by atoms with Crippen LogP contribution in [0, 0.1) is 11.8 Å². The van der Waals surface area contributed by atoms with Gasteiger partial charge in [0.1, 0.15) is 6.61 Å². The van der Waals surface area contributed by atoms with Gasteiger partial charge in [0, 0.05) is 25.0 Å². The first-order valence-electron chi connectivity index (χ1n) is 7.19. The summed E-state index contributed by atoms with van der Waals surface area (Å²) in [5, 5.41) is 11.7. The lowest BCUT2D eigenvalue weighted by molar-refractivity contribution is 0.0930. The molecule has 0 bridgehead atoms. The Balaban J connectivity index is 2.75. The minimum atomic E-state index is -0.242. The van der Waals surface area contributed by atoms with Gasteiger partial charge in [-0.15, -0.1) is 0 Å². The molecule has 1 heterocycles. The van der Waals surface area contributed by atoms with Crippen molar-refractivity contribution < 1.29 is 9.90 Å². The van der Waals surface area contributed by atoms with E-state index in [4.69, 9.17) is 5.11 Å². The number of likely N-dealkylation sites (N-methyl/N-ethyl adjacent to an activating group) is 1. The number of pyridine rings is 1. The fourth-order valence-electron chi connectivity index (χ4n) is 2.04. The second-order valence-electron chi connectivity index (χ2n) is 4.74. The summed E-state index contributed by atoms with van der Waals surface area (Å²) in [6.45, 7) is 8.66. The number of amides is 1. The number of nitrogens with zero attached hydrogens (tertiary/aromatic N) is 2. The molecule has 5 heteroatoms. The van der Waals surface area contributed by atoms with E-state index in [1.54, 1.807) is 12.3 Å². The van der Waals surface area contributed by atoms with Gasteiger partial charge in [0.15, 0.2) is 0 Å². The number of nitrogens with one attached hydrogen (secondary N) is 1. The molecule has 1 unspecified atom stereocenters. The van der Waals surface area contributed by atoms with Crippen molar-refractivity contribution in [2.24, 2.45) is 0 Å². The van der Waals surface area contributed by atoms with E-state index in [-0.39, 0.29) is 18.6 Å². The van der Waals surface area contributed by atoms with Crippen LogP contribution in [0.5, 0.6) is 0 Å². The van der Waals surface area contributed by atoms with Gasteiger partial charge in [0.2, 0.25) is 0 Å². The van der Waals surface area contributed by atoms with Gasteiger partial charge < -0.3 is 15.3 Å². The summed E-state index contributed by atoms with van der Waals surface area (Å²) in [6.07, 6.45) is 3.10. The topological polar surface area (TPSA) is 65.5 Å². The fraction of sp³-hybridized carbons (Fsp3) is 0.500. The lowest BCUT2D eigenvalue weighted by Crippen LogP contribution is -2.42. The third-order valence-electron chi connectivity index (χ3n) is 3.17. The molecule has 0 saturated carbocycles. The molecule has 114 valence electrons. The number of carbonyl (C=O) groups is 1. The molecule has 5 nitrogen and oxygen atoms in total. The van der Waals surface area contributed by atoms with Crippen molar-refractivity contribution in [1.82, 2.24) is 15.2 Å². The first-order valence-corrected chi connectivity index (χ1v) is 7.19. The Morgan fingerprint density at radius 3 is 2.81 bits per heavy atom. The lowest BCUT2D eigenvalue weighted by Gasteiger charge is -2.23. The van der Waals surface area contributed by atoms with E-state index in [0.717, 1.165) is 19.6 Å². The van der Waals surface area contributed by atoms with Gasteiger partial charge in [-0.2, -0.15) is 0 Å². The second-order valence-corrected chi connectivity index (χ2v) is 4.74. The molecule has 1 rings (SSSR count). The summed E-state index contributed by atoms with van der Waals surface area (Å²) in [6, 6.07) is 1.69. The van der Waals surface area contributed by atoms with E-state index >= 15 is 0 Å². The highest BCUT2D eigenvalue weighted by Gasteiger charge is 2.14. The molecule has 1 amide bonds. The van der Waals surface area contributed by atoms with E-state index in [9.17, 15) is 4.79 Å². The predicted octanol–water partition coefficient (Wildman–Crippen LogP) is 0.885. The van der Waals surface area contributed by atoms with Gasteiger partial charge in [-0.05, 0) is 26.1 Å². The van der Waals surface area contributed by atoms with E-state index in [1.807, 2.05) is 6.92 Å². The van der Waals surface area contributed by atoms with Gasteiger partial charge in [-0.25, -0.2) is 0 Å². The number of hydrogen-bond donors (Lipinski definition) is 2. The summed E-state index contributed by atoms with van der Waals surface area (Å²) >= 11 is 0. The average Bonchev–Trinajstić information content (AvgIpc) is 2.50. The maximum Gasteiger partial charge on any atom is 0.252 e. The predicted molar refractivity (Wildman–Crippen MR) is 82.9 cm³/mol. The zero-order valence-electron chi connectivity index (χ0n) is 12.9. The quantitative estimate of drug-likeness (QED) is 0.763. The molecule has 0 spiro atoms. The van der Waals surface area contributed by atoms with Crippen molar-refractivity contribution in [2.75, 3.05) is 26.2 Å². The summed E-state index contributed by atoms with van der Waals surface area (Å²) in [7, 11) is 0. The van der Waals surface area contributed by atoms with E-state index < -0.39 is 0 Å². The average molecular weight is 289 g/mol. The smallest absolute Gasteiger partial charge is 0.252 e. The largest absolute Gasteiger partial charge is 0.384 e. The van der Waals surface area contributed by atoms with Gasteiger partial charge >= 0.3 is 0 Å². The van der Waals surface area contributed by atoms with Crippen LogP contribution in [0.2, 0.25) is 0 Å². The Hall–Kier alpha value is -1.90. The van der Waals surface area contributed by atoms with Crippen LogP contribution in [0.1, 0.15) is 36.7 Å². The van der Waals surface area contributed by atoms with Crippen LogP contribution in [0.3, 0.4) is 0 Å². The molecule has 1 aromatic rings. The molecular formula is C16H23N3O2. The first kappa shape index (κ1) is 17.2. The van der Waals surface area contributed by atoms with E-state index in [0.29, 0.717) is 11.1 Å². The van der Waals surface area contributed by atoms with Gasteiger partial charge in [-0.3, -0.25) is 9.78 Å². The standard InChI is InChI=1S/C16H23N3O2/c1-4-19(5-2)12-13(3)18-16(21)15-8-9-17-11-14(15)7-6-10-20/h8-9,11,13,20H,4-5,10,12H2,1-3H3,(H,18,21). The molecule has 21 heavy (non-hydrogen) atoms. The fourth-order valence-corrected chi connectivity index (χ4v) is 2.04. The Bertz CT molecular complexity index is 516. The van der Waals surface area contributed by atoms with Crippen LogP contribution in [0.25, 0.3) is 0 Å². The molecule has 2 N–H and O–H groups in total. The molecule has 0 fully saturated rings. The molecular weight excluding hydrogens is 266 g/mol. The number of aliphatic hydroxyl groups is 1. The Morgan fingerprint density at radius 1 is 1.48 bits per heavy atom. The third kappa shape index (κ3) is 5.54. The van der Waals surface area contributed by atoms with Crippen molar-refractivity contribution in [3.05, 3.63) is 29.6 Å². The van der Waals surface area contributed by atoms with Crippen LogP contribution in [-0.4, -0.2) is 53.2 Å². The highest BCUT2D eigenvalue weighted by Crippen LogP contribution is 2.06. The molecule has 1 aromatic heterocycles. The zero-order chi connectivity index (χ0) is 15.7. The summed E-state index contributed by atoms with van der Waals surface area (Å²) in [4.78, 5) is 18.5. The molecule has 0 aliphatic heterocycles. The minimum absolute atomic E-state index is 0.0456. The minimum Gasteiger partial charge on any atom is -0.384 e. The maximum absolute atomic E-state index is 12.3. The second kappa shape index (κ2) is 9.11. The van der Waals surface area contributed by atoms with Crippen LogP contribution >= 0.6 is 0 Å². The van der Waals surface area contributed by atoms with Gasteiger partial charge in [0.25, 0.3) is 5.91 Å². The normalized spacial score (nSPS) is 11.7. The van der Waals surface area contributed by atoms with Crippen molar-refractivity contribution in [1.29, 1.82) is 0 Å². The number of rotatable bonds is 6. The highest BCUT2D eigenvalue weighted by atomic mass is 16.2. The molecule has 0 aliphatic carbocycles.